The Labute approximate surface area is 98.9 Å². The van der Waals surface area contributed by atoms with Crippen molar-refractivity contribution in [3.05, 3.63) is 0 Å². The van der Waals surface area contributed by atoms with Gasteiger partial charge < -0.3 is 0 Å². The van der Waals surface area contributed by atoms with Gasteiger partial charge in [0.1, 0.15) is 0 Å². The van der Waals surface area contributed by atoms with Crippen molar-refractivity contribution < 1.29 is 0 Å². The van der Waals surface area contributed by atoms with Crippen molar-refractivity contribution in [2.45, 2.75) is 92.9 Å². The highest BCUT2D eigenvalue weighted by Crippen LogP contribution is 2.44. The molecule has 94 valence electrons. The lowest BCUT2D eigenvalue weighted by atomic mass is 9.79. The van der Waals surface area contributed by atoms with Gasteiger partial charge in [0.05, 0.1) is 0 Å². The van der Waals surface area contributed by atoms with Crippen LogP contribution in [-0.2, 0) is 0 Å². The van der Waals surface area contributed by atoms with Gasteiger partial charge in [-0.05, 0) is 24.7 Å². The highest BCUT2D eigenvalue weighted by molar-refractivity contribution is 4.82. The summed E-state index contributed by atoms with van der Waals surface area (Å²) in [6, 6.07) is 0. The van der Waals surface area contributed by atoms with Crippen LogP contribution in [0.1, 0.15) is 92.9 Å². The molecule has 0 aliphatic heterocycles. The molecule has 0 aromatic rings. The molecule has 0 atom stereocenters. The third kappa shape index (κ3) is 6.98. The predicted molar refractivity (Wildman–Crippen MR) is 73.4 cm³/mol. The summed E-state index contributed by atoms with van der Waals surface area (Å²) in [6.07, 6.45) is 11.8. The number of rotatable bonds is 4. The van der Waals surface area contributed by atoms with Crippen molar-refractivity contribution in [1.29, 1.82) is 0 Å². The minimum atomic E-state index is 0.788. The summed E-state index contributed by atoms with van der Waals surface area (Å²) >= 11 is 0. The summed E-state index contributed by atoms with van der Waals surface area (Å²) < 4.78 is 0. The molecule has 0 unspecified atom stereocenters. The monoisotopic (exact) mass is 214 g/mol. The largest absolute Gasteiger partial charge is 0.0683 e. The molecule has 0 heteroatoms. The molecular weight excluding hydrogens is 180 g/mol. The third-order valence-corrected chi connectivity index (χ3v) is 3.47. The van der Waals surface area contributed by atoms with Crippen LogP contribution in [0.2, 0.25) is 0 Å². The molecule has 0 aromatic carbocycles. The topological polar surface area (TPSA) is 0 Å². The first kappa shape index (κ1) is 17.4. The normalized spacial score (nSPS) is 17.2. The molecule has 0 N–H and O–H groups in total. The summed E-state index contributed by atoms with van der Waals surface area (Å²) in [7, 11) is 0. The average molecular weight is 214 g/mol. The van der Waals surface area contributed by atoms with Crippen LogP contribution in [0.3, 0.4) is 0 Å². The maximum Gasteiger partial charge on any atom is -0.0300 e. The van der Waals surface area contributed by atoms with Gasteiger partial charge in [-0.2, -0.15) is 0 Å². The van der Waals surface area contributed by atoms with Gasteiger partial charge in [0.15, 0.2) is 0 Å². The molecule has 0 amide bonds. The highest BCUT2D eigenvalue weighted by Gasteiger charge is 2.30. The zero-order valence-electron chi connectivity index (χ0n) is 12.2. The lowest BCUT2D eigenvalue weighted by Gasteiger charge is -2.27. The molecule has 1 fully saturated rings. The van der Waals surface area contributed by atoms with Crippen LogP contribution in [-0.4, -0.2) is 0 Å². The number of hydrogen-bond donors (Lipinski definition) is 0. The van der Waals surface area contributed by atoms with Gasteiger partial charge in [-0.1, -0.05) is 73.6 Å². The van der Waals surface area contributed by atoms with E-state index in [1.165, 1.54) is 51.4 Å². The van der Waals surface area contributed by atoms with Gasteiger partial charge in [0, 0.05) is 0 Å². The van der Waals surface area contributed by atoms with Crippen LogP contribution in [0.25, 0.3) is 0 Å². The molecular formula is C15H34. The maximum atomic E-state index is 2.38. The van der Waals surface area contributed by atoms with E-state index in [9.17, 15) is 0 Å². The fraction of sp³-hybridized carbons (Fsp3) is 1.00. The molecule has 15 heavy (non-hydrogen) atoms. The van der Waals surface area contributed by atoms with Crippen molar-refractivity contribution in [2.75, 3.05) is 0 Å². The summed E-state index contributed by atoms with van der Waals surface area (Å²) in [5.41, 5.74) is 0.788. The molecule has 0 aromatic heterocycles. The Kier molecular flexibility index (Phi) is 14.0. The van der Waals surface area contributed by atoms with Crippen molar-refractivity contribution in [2.24, 2.45) is 5.41 Å². The first-order valence-electron chi connectivity index (χ1n) is 7.33. The van der Waals surface area contributed by atoms with E-state index in [0.29, 0.717) is 0 Å². The second kappa shape index (κ2) is 12.1. The molecule has 0 bridgehead atoms. The fourth-order valence-corrected chi connectivity index (χ4v) is 2.46. The van der Waals surface area contributed by atoms with E-state index in [1.54, 1.807) is 0 Å². The quantitative estimate of drug-likeness (QED) is 0.522. The van der Waals surface area contributed by atoms with Gasteiger partial charge in [-0.15, -0.1) is 0 Å². The molecule has 0 nitrogen and oxygen atoms in total. The molecule has 1 saturated carbocycles. The summed E-state index contributed by atoms with van der Waals surface area (Å²) in [4.78, 5) is 0. The van der Waals surface area contributed by atoms with Crippen LogP contribution in [0.4, 0.5) is 0 Å². The smallest absolute Gasteiger partial charge is 0.0300 e. The predicted octanol–water partition coefficient (Wildman–Crippen LogP) is 6.20. The van der Waals surface area contributed by atoms with E-state index in [0.717, 1.165) is 5.41 Å². The zero-order chi connectivity index (χ0) is 12.2. The van der Waals surface area contributed by atoms with E-state index in [4.69, 9.17) is 0 Å². The SMILES string of the molecule is CC.CC.CCCCC1(CC)CCCC1. The molecule has 0 heterocycles. The van der Waals surface area contributed by atoms with Crippen molar-refractivity contribution in [3.8, 4) is 0 Å². The molecule has 1 rings (SSSR count). The van der Waals surface area contributed by atoms with E-state index < -0.39 is 0 Å². The zero-order valence-corrected chi connectivity index (χ0v) is 12.2. The van der Waals surface area contributed by atoms with Crippen LogP contribution < -0.4 is 0 Å². The second-order valence-corrected chi connectivity index (χ2v) is 4.16. The van der Waals surface area contributed by atoms with Gasteiger partial charge in [-0.3, -0.25) is 0 Å². The Morgan fingerprint density at radius 3 is 1.67 bits per heavy atom. The van der Waals surface area contributed by atoms with Crippen LogP contribution >= 0.6 is 0 Å². The van der Waals surface area contributed by atoms with Crippen molar-refractivity contribution in [1.82, 2.24) is 0 Å². The third-order valence-electron chi connectivity index (χ3n) is 3.47. The van der Waals surface area contributed by atoms with Crippen molar-refractivity contribution in [3.63, 3.8) is 0 Å². The molecule has 1 aliphatic rings. The van der Waals surface area contributed by atoms with Gasteiger partial charge in [0.25, 0.3) is 0 Å². The van der Waals surface area contributed by atoms with E-state index in [1.807, 2.05) is 27.7 Å². The molecule has 0 radical (unpaired) electrons. The maximum absolute atomic E-state index is 2.38. The lowest BCUT2D eigenvalue weighted by molar-refractivity contribution is 0.252. The molecule has 1 aliphatic carbocycles. The minimum absolute atomic E-state index is 0.788. The van der Waals surface area contributed by atoms with E-state index in [2.05, 4.69) is 13.8 Å². The fourth-order valence-electron chi connectivity index (χ4n) is 2.46. The summed E-state index contributed by atoms with van der Waals surface area (Å²) in [5, 5.41) is 0. The van der Waals surface area contributed by atoms with Crippen LogP contribution in [0.5, 0.6) is 0 Å². The Hall–Kier alpha value is 0. The number of hydrogen-bond acceptors (Lipinski definition) is 0. The van der Waals surface area contributed by atoms with E-state index in [-0.39, 0.29) is 0 Å². The summed E-state index contributed by atoms with van der Waals surface area (Å²) in [5.74, 6) is 0. The minimum Gasteiger partial charge on any atom is -0.0683 e. The molecule has 0 spiro atoms. The van der Waals surface area contributed by atoms with Gasteiger partial charge in [-0.25, -0.2) is 0 Å². The average Bonchev–Trinajstić information content (AvgIpc) is 2.81. The van der Waals surface area contributed by atoms with Gasteiger partial charge >= 0.3 is 0 Å². The Morgan fingerprint density at radius 2 is 1.33 bits per heavy atom. The van der Waals surface area contributed by atoms with Gasteiger partial charge in [0.2, 0.25) is 0 Å². The Morgan fingerprint density at radius 1 is 0.867 bits per heavy atom. The van der Waals surface area contributed by atoms with Crippen LogP contribution in [0, 0.1) is 5.41 Å². The first-order chi connectivity index (χ1) is 7.33. The lowest BCUT2D eigenvalue weighted by Crippen LogP contribution is -2.14. The summed E-state index contributed by atoms with van der Waals surface area (Å²) in [6.45, 7) is 12.7. The van der Waals surface area contributed by atoms with Crippen LogP contribution in [0.15, 0.2) is 0 Å². The number of unbranched alkanes of at least 4 members (excludes halogenated alkanes) is 1. The first-order valence-corrected chi connectivity index (χ1v) is 7.33. The Bertz CT molecular complexity index is 98.6. The van der Waals surface area contributed by atoms with E-state index >= 15 is 0 Å². The Balaban J connectivity index is 0. The second-order valence-electron chi connectivity index (χ2n) is 4.16. The highest BCUT2D eigenvalue weighted by atomic mass is 14.4. The standard InChI is InChI=1S/C11H22.2C2H6/c1-3-5-8-11(4-2)9-6-7-10-11;2*1-2/h3-10H2,1-2H3;2*1-2H3. The van der Waals surface area contributed by atoms with Crippen molar-refractivity contribution >= 4 is 0 Å². The molecule has 0 saturated heterocycles.